The van der Waals surface area contributed by atoms with E-state index in [4.69, 9.17) is 28.9 Å². The van der Waals surface area contributed by atoms with Gasteiger partial charge < -0.3 is 16.4 Å². The molecule has 1 aromatic carbocycles. The zero-order valence-corrected chi connectivity index (χ0v) is 20.8. The largest absolute Gasteiger partial charge is 0.455 e. The molecule has 0 aliphatic heterocycles. The first-order valence-electron chi connectivity index (χ1n) is 10.6. The first kappa shape index (κ1) is 27.0. The Balaban J connectivity index is 1.74. The number of nitrogens with zero attached hydrogens (tertiary/aromatic N) is 7. The molecule has 0 atom stereocenters. The van der Waals surface area contributed by atoms with Crippen molar-refractivity contribution in [3.8, 4) is 5.82 Å². The van der Waals surface area contributed by atoms with Crippen molar-refractivity contribution in [2.24, 2.45) is 5.73 Å². The van der Waals surface area contributed by atoms with Crippen LogP contribution in [0.2, 0.25) is 10.0 Å². The lowest BCUT2D eigenvalue weighted by Gasteiger charge is -2.15. The number of alkyl halides is 3. The van der Waals surface area contributed by atoms with E-state index in [0.717, 1.165) is 4.68 Å². The highest BCUT2D eigenvalue weighted by atomic mass is 35.5. The summed E-state index contributed by atoms with van der Waals surface area (Å²) in [5.74, 6) is -2.67. The van der Waals surface area contributed by atoms with E-state index in [1.54, 1.807) is 19.1 Å². The molecule has 0 aliphatic rings. The predicted octanol–water partition coefficient (Wildman–Crippen LogP) is 2.83. The predicted molar refractivity (Wildman–Crippen MR) is 129 cm³/mol. The number of nitrogens with two attached hydrogens (primary N) is 1. The summed E-state index contributed by atoms with van der Waals surface area (Å²) in [4.78, 5) is 30.8. The van der Waals surface area contributed by atoms with Crippen LogP contribution in [0.4, 0.5) is 18.9 Å². The molecule has 3 heterocycles. The third-order valence-corrected chi connectivity index (χ3v) is 5.50. The molecule has 198 valence electrons. The molecule has 12 nitrogen and oxygen atoms in total. The van der Waals surface area contributed by atoms with Crippen LogP contribution in [0, 0.1) is 6.92 Å². The molecular weight excluding hydrogens is 552 g/mol. The first-order valence-corrected chi connectivity index (χ1v) is 11.4. The van der Waals surface area contributed by atoms with Crippen molar-refractivity contribution in [2.45, 2.75) is 19.6 Å². The monoisotopic (exact) mass is 568 g/mol. The number of amides is 2. The molecule has 4 aromatic rings. The topological polar surface area (TPSA) is 159 Å². The van der Waals surface area contributed by atoms with E-state index in [2.05, 4.69) is 36.1 Å². The van der Waals surface area contributed by atoms with Crippen LogP contribution in [0.15, 0.2) is 36.5 Å². The average Bonchev–Trinajstić information content (AvgIpc) is 3.49. The molecule has 4 N–H and O–H groups in total. The average molecular weight is 569 g/mol. The Labute approximate surface area is 221 Å². The third-order valence-electron chi connectivity index (χ3n) is 4.99. The minimum absolute atomic E-state index is 0.0578. The number of hydrogen-bond donors (Lipinski definition) is 3. The number of benzene rings is 1. The lowest BCUT2D eigenvalue weighted by molar-refractivity contribution is -0.145. The smallest absolute Gasteiger partial charge is 0.340 e. The Bertz CT molecular complexity index is 1520. The third kappa shape index (κ3) is 5.74. The molecule has 0 unspecified atom stereocenters. The molecule has 0 fully saturated rings. The number of aryl methyl sites for hydroxylation is 1. The molecule has 0 aliphatic carbocycles. The van der Waals surface area contributed by atoms with E-state index in [1.165, 1.54) is 24.4 Å². The molecule has 0 saturated heterocycles. The van der Waals surface area contributed by atoms with Crippen LogP contribution in [0.5, 0.6) is 0 Å². The second kappa shape index (κ2) is 10.7. The number of halogens is 5. The Morgan fingerprint density at radius 3 is 2.55 bits per heavy atom. The van der Waals surface area contributed by atoms with Gasteiger partial charge in [-0.25, -0.2) is 9.67 Å². The van der Waals surface area contributed by atoms with Crippen molar-refractivity contribution < 1.29 is 22.8 Å². The molecular formula is C21H17Cl2F3N10O2. The maximum absolute atomic E-state index is 13.5. The summed E-state index contributed by atoms with van der Waals surface area (Å²) in [6.45, 7) is 1.12. The lowest BCUT2D eigenvalue weighted by atomic mass is 10.1. The highest BCUT2D eigenvalue weighted by molar-refractivity contribution is 6.32. The summed E-state index contributed by atoms with van der Waals surface area (Å²) in [5.41, 5.74) is 6.09. The number of aromatic nitrogens is 7. The molecule has 0 bridgehead atoms. The van der Waals surface area contributed by atoms with Gasteiger partial charge in [0.2, 0.25) is 0 Å². The minimum Gasteiger partial charge on any atom is -0.340 e. The van der Waals surface area contributed by atoms with Crippen molar-refractivity contribution in [3.05, 3.63) is 74.9 Å². The summed E-state index contributed by atoms with van der Waals surface area (Å²) in [6, 6.07) is 7.28. The Kier molecular flexibility index (Phi) is 7.61. The molecule has 38 heavy (non-hydrogen) atoms. The Morgan fingerprint density at radius 1 is 1.13 bits per heavy atom. The summed E-state index contributed by atoms with van der Waals surface area (Å²) in [7, 11) is 0. The van der Waals surface area contributed by atoms with Gasteiger partial charge in [-0.3, -0.25) is 9.59 Å². The first-order chi connectivity index (χ1) is 18.0. The minimum atomic E-state index is -4.78. The fourth-order valence-corrected chi connectivity index (χ4v) is 3.86. The van der Waals surface area contributed by atoms with Crippen molar-refractivity contribution in [3.63, 3.8) is 0 Å². The summed E-state index contributed by atoms with van der Waals surface area (Å²) in [6.07, 6.45) is -3.37. The highest BCUT2D eigenvalue weighted by Gasteiger charge is 2.37. The maximum Gasteiger partial charge on any atom is 0.455 e. The van der Waals surface area contributed by atoms with Crippen LogP contribution in [-0.2, 0) is 12.7 Å². The van der Waals surface area contributed by atoms with E-state index in [9.17, 15) is 22.8 Å². The molecule has 0 saturated carbocycles. The van der Waals surface area contributed by atoms with Gasteiger partial charge in [-0.1, -0.05) is 23.2 Å². The number of nitrogens with one attached hydrogen (secondary N) is 2. The van der Waals surface area contributed by atoms with Gasteiger partial charge in [0.25, 0.3) is 17.6 Å². The van der Waals surface area contributed by atoms with Crippen LogP contribution >= 0.6 is 23.2 Å². The zero-order chi connectivity index (χ0) is 27.6. The molecule has 0 radical (unpaired) electrons. The van der Waals surface area contributed by atoms with Gasteiger partial charge in [-0.05, 0) is 48.0 Å². The van der Waals surface area contributed by atoms with Crippen molar-refractivity contribution >= 4 is 40.7 Å². The SMILES string of the molecule is Cc1cc(Cl)cc(C(=O)NCN)c1NC(=O)c1cc(Cn2nnc(C(F)(F)F)n2)nn1-c1ncccc1Cl. The van der Waals surface area contributed by atoms with E-state index in [0.29, 0.717) is 10.4 Å². The number of anilines is 1. The van der Waals surface area contributed by atoms with Gasteiger partial charge in [0.1, 0.15) is 12.2 Å². The zero-order valence-electron chi connectivity index (χ0n) is 19.3. The summed E-state index contributed by atoms with van der Waals surface area (Å²) in [5, 5.41) is 19.4. The molecule has 3 aromatic heterocycles. The quantitative estimate of drug-likeness (QED) is 0.287. The van der Waals surface area contributed by atoms with Crippen LogP contribution in [-0.4, -0.2) is 53.5 Å². The van der Waals surface area contributed by atoms with Crippen LogP contribution in [0.3, 0.4) is 0 Å². The van der Waals surface area contributed by atoms with Gasteiger partial charge >= 0.3 is 6.18 Å². The van der Waals surface area contributed by atoms with Gasteiger partial charge in [0.15, 0.2) is 5.82 Å². The second-order valence-electron chi connectivity index (χ2n) is 7.69. The van der Waals surface area contributed by atoms with Crippen molar-refractivity contribution in [2.75, 3.05) is 12.0 Å². The molecule has 0 spiro atoms. The fraction of sp³-hybridized carbons (Fsp3) is 0.190. The Morgan fingerprint density at radius 2 is 1.89 bits per heavy atom. The van der Waals surface area contributed by atoms with Crippen molar-refractivity contribution in [1.29, 1.82) is 0 Å². The number of carbonyl (C=O) groups excluding carboxylic acids is 2. The van der Waals surface area contributed by atoms with Gasteiger partial charge in [0.05, 0.1) is 28.6 Å². The number of rotatable bonds is 7. The van der Waals surface area contributed by atoms with E-state index in [-0.39, 0.29) is 51.7 Å². The Hall–Kier alpha value is -4.08. The van der Waals surface area contributed by atoms with E-state index in [1.807, 2.05) is 0 Å². The normalized spacial score (nSPS) is 11.4. The van der Waals surface area contributed by atoms with Crippen molar-refractivity contribution in [1.82, 2.24) is 40.3 Å². The molecule has 2 amide bonds. The highest BCUT2D eigenvalue weighted by Crippen LogP contribution is 2.28. The summed E-state index contributed by atoms with van der Waals surface area (Å²) >= 11 is 12.4. The van der Waals surface area contributed by atoms with Crippen LogP contribution in [0.1, 0.15) is 37.9 Å². The maximum atomic E-state index is 13.5. The van der Waals surface area contributed by atoms with Crippen LogP contribution < -0.4 is 16.4 Å². The van der Waals surface area contributed by atoms with Gasteiger partial charge in [-0.2, -0.15) is 23.1 Å². The van der Waals surface area contributed by atoms with Gasteiger partial charge in [0, 0.05) is 11.2 Å². The second-order valence-corrected chi connectivity index (χ2v) is 8.54. The summed E-state index contributed by atoms with van der Waals surface area (Å²) < 4.78 is 39.7. The number of carbonyl (C=O) groups is 2. The fourth-order valence-electron chi connectivity index (χ4n) is 3.39. The van der Waals surface area contributed by atoms with Crippen LogP contribution in [0.25, 0.3) is 5.82 Å². The standard InChI is InChI=1S/C21H17Cl2F3N10O2/c1-10-5-11(22)6-13(18(37)29-9-27)16(10)30-19(38)15-7-12(8-35-33-20(31-34-35)21(24,25)26)32-36(15)17-14(23)3-2-4-28-17/h2-7H,8-9,27H2,1H3,(H,29,37)(H,30,38). The van der Waals surface area contributed by atoms with E-state index < -0.39 is 23.8 Å². The molecule has 4 rings (SSSR count). The van der Waals surface area contributed by atoms with Gasteiger partial charge in [-0.15, -0.1) is 10.2 Å². The number of pyridine rings is 1. The number of hydrogen-bond acceptors (Lipinski definition) is 8. The lowest BCUT2D eigenvalue weighted by Crippen LogP contribution is -2.30. The number of tetrazole rings is 1. The van der Waals surface area contributed by atoms with E-state index >= 15 is 0 Å². The molecule has 17 heteroatoms.